The van der Waals surface area contributed by atoms with E-state index in [1.807, 2.05) is 12.3 Å². The first kappa shape index (κ1) is 16.9. The van der Waals surface area contributed by atoms with Crippen LogP contribution in [0.1, 0.15) is 32.3 Å². The lowest BCUT2D eigenvalue weighted by Gasteiger charge is -2.25. The minimum Gasteiger partial charge on any atom is -0.357 e. The maximum atomic E-state index is 6.10. The van der Waals surface area contributed by atoms with Crippen molar-refractivity contribution in [2.24, 2.45) is 5.73 Å². The van der Waals surface area contributed by atoms with Gasteiger partial charge in [0.1, 0.15) is 5.82 Å². The van der Waals surface area contributed by atoms with Crippen molar-refractivity contribution < 1.29 is 0 Å². The van der Waals surface area contributed by atoms with Gasteiger partial charge in [0.05, 0.1) is 0 Å². The molecular weight excluding hydrogens is 248 g/mol. The molecule has 0 bridgehead atoms. The number of nitrogens with two attached hydrogens (primary N) is 1. The SMILES string of the molecule is CCC(N)Cc1cccnc1N(CC)CCCN(C)C. The van der Waals surface area contributed by atoms with E-state index in [0.717, 1.165) is 44.7 Å². The Labute approximate surface area is 124 Å². The summed E-state index contributed by atoms with van der Waals surface area (Å²) in [4.78, 5) is 9.18. The molecule has 0 fully saturated rings. The molecule has 0 aliphatic carbocycles. The van der Waals surface area contributed by atoms with Gasteiger partial charge in [0.2, 0.25) is 0 Å². The second-order valence-electron chi connectivity index (χ2n) is 5.60. The van der Waals surface area contributed by atoms with Crippen molar-refractivity contribution in [1.82, 2.24) is 9.88 Å². The summed E-state index contributed by atoms with van der Waals surface area (Å²) in [5.74, 6) is 1.11. The van der Waals surface area contributed by atoms with Gasteiger partial charge in [-0.3, -0.25) is 0 Å². The normalized spacial score (nSPS) is 12.7. The number of hydrogen-bond donors (Lipinski definition) is 1. The molecule has 0 saturated carbocycles. The maximum absolute atomic E-state index is 6.10. The second kappa shape index (κ2) is 8.93. The molecule has 0 spiro atoms. The molecule has 20 heavy (non-hydrogen) atoms. The summed E-state index contributed by atoms with van der Waals surface area (Å²) in [5, 5.41) is 0. The third kappa shape index (κ3) is 5.47. The zero-order chi connectivity index (χ0) is 15.0. The fourth-order valence-electron chi connectivity index (χ4n) is 2.29. The van der Waals surface area contributed by atoms with Crippen molar-refractivity contribution in [3.8, 4) is 0 Å². The average Bonchev–Trinajstić information content (AvgIpc) is 2.44. The Hall–Kier alpha value is -1.13. The van der Waals surface area contributed by atoms with Crippen LogP contribution in [0.2, 0.25) is 0 Å². The molecule has 4 heteroatoms. The first-order chi connectivity index (χ1) is 9.58. The topological polar surface area (TPSA) is 45.4 Å². The summed E-state index contributed by atoms with van der Waals surface area (Å²) in [6, 6.07) is 4.39. The van der Waals surface area contributed by atoms with Crippen LogP contribution in [0.15, 0.2) is 18.3 Å². The van der Waals surface area contributed by atoms with Gasteiger partial charge in [-0.1, -0.05) is 13.0 Å². The van der Waals surface area contributed by atoms with Crippen LogP contribution in [0.4, 0.5) is 5.82 Å². The lowest BCUT2D eigenvalue weighted by atomic mass is 10.0. The Morgan fingerprint density at radius 3 is 2.60 bits per heavy atom. The van der Waals surface area contributed by atoms with Crippen molar-refractivity contribution in [3.05, 3.63) is 23.9 Å². The zero-order valence-electron chi connectivity index (χ0n) is 13.5. The van der Waals surface area contributed by atoms with E-state index in [1.54, 1.807) is 0 Å². The van der Waals surface area contributed by atoms with Crippen LogP contribution in [0.3, 0.4) is 0 Å². The zero-order valence-corrected chi connectivity index (χ0v) is 13.5. The Morgan fingerprint density at radius 2 is 2.00 bits per heavy atom. The summed E-state index contributed by atoms with van der Waals surface area (Å²) in [6.07, 6.45) is 4.94. The number of hydrogen-bond acceptors (Lipinski definition) is 4. The van der Waals surface area contributed by atoms with E-state index in [-0.39, 0.29) is 6.04 Å². The standard InChI is InChI=1S/C16H30N4/c1-5-15(17)13-14-9-7-10-18-16(14)20(6-2)12-8-11-19(3)4/h7,9-10,15H,5-6,8,11-13,17H2,1-4H3. The largest absolute Gasteiger partial charge is 0.357 e. The summed E-state index contributed by atoms with van der Waals surface area (Å²) < 4.78 is 0. The van der Waals surface area contributed by atoms with E-state index < -0.39 is 0 Å². The van der Waals surface area contributed by atoms with Crippen molar-refractivity contribution >= 4 is 5.82 Å². The van der Waals surface area contributed by atoms with Crippen molar-refractivity contribution in [3.63, 3.8) is 0 Å². The summed E-state index contributed by atoms with van der Waals surface area (Å²) in [5.41, 5.74) is 7.37. The molecule has 4 nitrogen and oxygen atoms in total. The van der Waals surface area contributed by atoms with Gasteiger partial charge < -0.3 is 15.5 Å². The number of rotatable bonds is 9. The van der Waals surface area contributed by atoms with Crippen LogP contribution in [0.5, 0.6) is 0 Å². The molecule has 1 aromatic heterocycles. The Morgan fingerprint density at radius 1 is 1.25 bits per heavy atom. The smallest absolute Gasteiger partial charge is 0.131 e. The lowest BCUT2D eigenvalue weighted by molar-refractivity contribution is 0.400. The van der Waals surface area contributed by atoms with E-state index in [0.29, 0.717) is 0 Å². The van der Waals surface area contributed by atoms with Gasteiger partial charge in [0.25, 0.3) is 0 Å². The highest BCUT2D eigenvalue weighted by atomic mass is 15.2. The molecule has 0 amide bonds. The Balaban J connectivity index is 2.75. The quantitative estimate of drug-likeness (QED) is 0.752. The minimum absolute atomic E-state index is 0.221. The highest BCUT2D eigenvalue weighted by Gasteiger charge is 2.13. The fourth-order valence-corrected chi connectivity index (χ4v) is 2.29. The molecule has 0 aliphatic heterocycles. The number of pyridine rings is 1. The van der Waals surface area contributed by atoms with Gasteiger partial charge in [-0.2, -0.15) is 0 Å². The highest BCUT2D eigenvalue weighted by Crippen LogP contribution is 2.19. The first-order valence-electron chi connectivity index (χ1n) is 7.67. The molecule has 0 saturated heterocycles. The molecule has 0 radical (unpaired) electrons. The van der Waals surface area contributed by atoms with Crippen LogP contribution in [-0.4, -0.2) is 49.7 Å². The molecule has 1 aromatic rings. The second-order valence-corrected chi connectivity index (χ2v) is 5.60. The van der Waals surface area contributed by atoms with Crippen LogP contribution in [0, 0.1) is 0 Å². The van der Waals surface area contributed by atoms with E-state index in [9.17, 15) is 0 Å². The highest BCUT2D eigenvalue weighted by molar-refractivity contribution is 5.47. The number of nitrogens with zero attached hydrogens (tertiary/aromatic N) is 3. The van der Waals surface area contributed by atoms with E-state index in [2.05, 4.69) is 48.8 Å². The molecule has 0 aliphatic rings. The molecule has 1 unspecified atom stereocenters. The van der Waals surface area contributed by atoms with Gasteiger partial charge >= 0.3 is 0 Å². The molecular formula is C16H30N4. The lowest BCUT2D eigenvalue weighted by Crippen LogP contribution is -2.30. The summed E-state index contributed by atoms with van der Waals surface area (Å²) >= 11 is 0. The van der Waals surface area contributed by atoms with E-state index in [4.69, 9.17) is 5.73 Å². The van der Waals surface area contributed by atoms with Gasteiger partial charge in [0.15, 0.2) is 0 Å². The monoisotopic (exact) mass is 278 g/mol. The fraction of sp³-hybridized carbons (Fsp3) is 0.688. The average molecular weight is 278 g/mol. The van der Waals surface area contributed by atoms with E-state index in [1.165, 1.54) is 5.56 Å². The predicted molar refractivity (Wildman–Crippen MR) is 87.3 cm³/mol. The van der Waals surface area contributed by atoms with Crippen LogP contribution in [-0.2, 0) is 6.42 Å². The molecule has 1 heterocycles. The first-order valence-corrected chi connectivity index (χ1v) is 7.67. The van der Waals surface area contributed by atoms with Gasteiger partial charge in [-0.15, -0.1) is 0 Å². The summed E-state index contributed by atoms with van der Waals surface area (Å²) in [7, 11) is 4.23. The van der Waals surface area contributed by atoms with Gasteiger partial charge in [-0.05, 0) is 58.5 Å². The van der Waals surface area contributed by atoms with Crippen molar-refractivity contribution in [2.45, 2.75) is 39.2 Å². The number of anilines is 1. The maximum Gasteiger partial charge on any atom is 0.131 e. The Bertz CT molecular complexity index is 378. The van der Waals surface area contributed by atoms with Crippen LogP contribution < -0.4 is 10.6 Å². The molecule has 1 rings (SSSR count). The Kier molecular flexibility index (Phi) is 7.55. The van der Waals surface area contributed by atoms with Crippen LogP contribution >= 0.6 is 0 Å². The van der Waals surface area contributed by atoms with Crippen molar-refractivity contribution in [2.75, 3.05) is 38.6 Å². The molecule has 1 atom stereocenters. The minimum atomic E-state index is 0.221. The van der Waals surface area contributed by atoms with Gasteiger partial charge in [-0.25, -0.2) is 4.98 Å². The van der Waals surface area contributed by atoms with E-state index >= 15 is 0 Å². The third-order valence-corrected chi connectivity index (χ3v) is 3.59. The van der Waals surface area contributed by atoms with Crippen LogP contribution in [0.25, 0.3) is 0 Å². The summed E-state index contributed by atoms with van der Waals surface area (Å²) in [6.45, 7) is 7.45. The third-order valence-electron chi connectivity index (χ3n) is 3.59. The molecule has 2 N–H and O–H groups in total. The molecule has 0 aromatic carbocycles. The van der Waals surface area contributed by atoms with Crippen molar-refractivity contribution in [1.29, 1.82) is 0 Å². The molecule has 114 valence electrons. The number of aromatic nitrogens is 1. The predicted octanol–water partition coefficient (Wildman–Crippen LogP) is 2.14. The van der Waals surface area contributed by atoms with Gasteiger partial charge in [0, 0.05) is 25.3 Å².